The summed E-state index contributed by atoms with van der Waals surface area (Å²) < 4.78 is 15.7. The maximum Gasteiger partial charge on any atom is 0.421 e. The molecule has 0 spiro atoms. The van der Waals surface area contributed by atoms with Crippen LogP contribution in [0.4, 0.5) is 10.5 Å². The van der Waals surface area contributed by atoms with Crippen molar-refractivity contribution in [3.05, 3.63) is 42.5 Å². The summed E-state index contributed by atoms with van der Waals surface area (Å²) >= 11 is 0. The Morgan fingerprint density at radius 1 is 1.19 bits per heavy atom. The molecule has 0 aliphatic carbocycles. The first kappa shape index (κ1) is 25.1. The summed E-state index contributed by atoms with van der Waals surface area (Å²) in [5.41, 5.74) is -1.53. The lowest BCUT2D eigenvalue weighted by molar-refractivity contribution is -0.161. The van der Waals surface area contributed by atoms with Crippen LogP contribution in [-0.2, 0) is 35.0 Å². The van der Waals surface area contributed by atoms with E-state index >= 15 is 0 Å². The van der Waals surface area contributed by atoms with Crippen molar-refractivity contribution in [1.29, 1.82) is 0 Å². The average Bonchev–Trinajstić information content (AvgIpc) is 2.71. The van der Waals surface area contributed by atoms with Gasteiger partial charge in [-0.25, -0.2) is 9.69 Å². The molecule has 1 aromatic carbocycles. The zero-order valence-electron chi connectivity index (χ0n) is 19.1. The minimum absolute atomic E-state index is 0.00819. The molecular weight excluding hydrogens is 414 g/mol. The van der Waals surface area contributed by atoms with Gasteiger partial charge >= 0.3 is 18.0 Å². The molecule has 1 heterocycles. The van der Waals surface area contributed by atoms with Crippen molar-refractivity contribution in [3.8, 4) is 0 Å². The highest BCUT2D eigenvalue weighted by Gasteiger charge is 2.55. The molecule has 1 aromatic rings. The van der Waals surface area contributed by atoms with Crippen molar-refractivity contribution in [3.63, 3.8) is 0 Å². The van der Waals surface area contributed by atoms with Crippen LogP contribution in [-0.4, -0.2) is 42.8 Å². The number of anilines is 1. The number of nitrogens with zero attached hydrogens (tertiary/aromatic N) is 1. The van der Waals surface area contributed by atoms with Crippen molar-refractivity contribution in [1.82, 2.24) is 0 Å². The SMILES string of the molecule is C=CCOC(=O)C1(CCCC(=O)OCC)Cc2ccccc2N(C(=O)OC(C)(C)C)C1=O. The second kappa shape index (κ2) is 10.4. The number of amides is 2. The first-order chi connectivity index (χ1) is 15.1. The van der Waals surface area contributed by atoms with Gasteiger partial charge in [0.1, 0.15) is 12.2 Å². The van der Waals surface area contributed by atoms with Gasteiger partial charge in [0.25, 0.3) is 5.91 Å². The minimum atomic E-state index is -1.68. The smallest absolute Gasteiger partial charge is 0.421 e. The number of hydrogen-bond donors (Lipinski definition) is 0. The summed E-state index contributed by atoms with van der Waals surface area (Å²) in [6, 6.07) is 6.85. The van der Waals surface area contributed by atoms with Crippen LogP contribution in [0.1, 0.15) is 52.5 Å². The van der Waals surface area contributed by atoms with Gasteiger partial charge in [-0.1, -0.05) is 30.9 Å². The third-order valence-electron chi connectivity index (χ3n) is 4.93. The largest absolute Gasteiger partial charge is 0.466 e. The predicted octanol–water partition coefficient (Wildman–Crippen LogP) is 3.96. The Labute approximate surface area is 188 Å². The van der Waals surface area contributed by atoms with Crippen molar-refractivity contribution in [2.24, 2.45) is 5.41 Å². The van der Waals surface area contributed by atoms with Gasteiger partial charge < -0.3 is 14.2 Å². The Morgan fingerprint density at radius 3 is 2.50 bits per heavy atom. The number of hydrogen-bond acceptors (Lipinski definition) is 7. The molecule has 0 fully saturated rings. The lowest BCUT2D eigenvalue weighted by Crippen LogP contribution is -2.56. The van der Waals surface area contributed by atoms with E-state index in [0.717, 1.165) is 4.90 Å². The number of fused-ring (bicyclic) bond motifs is 1. The van der Waals surface area contributed by atoms with Crippen molar-refractivity contribution >= 4 is 29.6 Å². The molecule has 0 N–H and O–H groups in total. The van der Waals surface area contributed by atoms with E-state index in [0.29, 0.717) is 11.3 Å². The highest BCUT2D eigenvalue weighted by molar-refractivity contribution is 6.22. The van der Waals surface area contributed by atoms with Crippen LogP contribution in [0.2, 0.25) is 0 Å². The maximum absolute atomic E-state index is 13.7. The number of benzene rings is 1. The molecule has 32 heavy (non-hydrogen) atoms. The van der Waals surface area contributed by atoms with E-state index in [1.165, 1.54) is 6.08 Å². The highest BCUT2D eigenvalue weighted by Crippen LogP contribution is 2.42. The minimum Gasteiger partial charge on any atom is -0.466 e. The number of carbonyl (C=O) groups excluding carboxylic acids is 4. The third-order valence-corrected chi connectivity index (χ3v) is 4.93. The fraction of sp³-hybridized carbons (Fsp3) is 0.500. The number of rotatable bonds is 8. The Bertz CT molecular complexity index is 887. The van der Waals surface area contributed by atoms with Crippen LogP contribution in [0.3, 0.4) is 0 Å². The number of ether oxygens (including phenoxy) is 3. The Kier molecular flexibility index (Phi) is 8.19. The topological polar surface area (TPSA) is 99.2 Å². The van der Waals surface area contributed by atoms with Crippen LogP contribution in [0.5, 0.6) is 0 Å². The lowest BCUT2D eigenvalue weighted by Gasteiger charge is -2.40. The van der Waals surface area contributed by atoms with Gasteiger partial charge in [0.15, 0.2) is 5.41 Å². The van der Waals surface area contributed by atoms with Crippen LogP contribution < -0.4 is 4.90 Å². The Hall–Kier alpha value is -3.16. The van der Waals surface area contributed by atoms with Crippen molar-refractivity contribution < 1.29 is 33.4 Å². The standard InChI is InChI=1S/C24H31NO7/c1-6-15-31-21(28)24(14-10-13-19(26)30-7-2)16-17-11-8-9-12-18(17)25(20(24)27)22(29)32-23(3,4)5/h6,8-9,11-12H,1,7,10,13-16H2,2-5H3. The van der Waals surface area contributed by atoms with Gasteiger partial charge in [-0.3, -0.25) is 14.4 Å². The monoisotopic (exact) mass is 445 g/mol. The number of imide groups is 1. The van der Waals surface area contributed by atoms with Crippen molar-refractivity contribution in [2.75, 3.05) is 18.1 Å². The number of para-hydroxylation sites is 1. The van der Waals surface area contributed by atoms with Gasteiger partial charge in [0, 0.05) is 6.42 Å². The molecule has 8 nitrogen and oxygen atoms in total. The lowest BCUT2D eigenvalue weighted by atomic mass is 9.73. The van der Waals surface area contributed by atoms with E-state index in [1.54, 1.807) is 52.0 Å². The molecule has 0 saturated heterocycles. The van der Waals surface area contributed by atoms with E-state index in [9.17, 15) is 19.2 Å². The molecule has 0 saturated carbocycles. The molecule has 1 aliphatic rings. The highest BCUT2D eigenvalue weighted by atomic mass is 16.6. The van der Waals surface area contributed by atoms with E-state index in [2.05, 4.69) is 6.58 Å². The van der Waals surface area contributed by atoms with Gasteiger partial charge in [0.2, 0.25) is 0 Å². The summed E-state index contributed by atoms with van der Waals surface area (Å²) in [6.45, 7) is 10.5. The summed E-state index contributed by atoms with van der Waals surface area (Å²) in [5, 5.41) is 0. The summed E-state index contributed by atoms with van der Waals surface area (Å²) in [5.74, 6) is -1.92. The molecule has 1 atom stereocenters. The van der Waals surface area contributed by atoms with E-state index in [1.807, 2.05) is 0 Å². The Balaban J connectivity index is 2.48. The third kappa shape index (κ3) is 5.75. The summed E-state index contributed by atoms with van der Waals surface area (Å²) in [6.07, 6.45) is 0.816. The summed E-state index contributed by atoms with van der Waals surface area (Å²) in [4.78, 5) is 52.6. The van der Waals surface area contributed by atoms with Gasteiger partial charge in [0.05, 0.1) is 12.3 Å². The molecule has 0 aromatic heterocycles. The maximum atomic E-state index is 13.7. The van der Waals surface area contributed by atoms with Crippen LogP contribution in [0.15, 0.2) is 36.9 Å². The molecule has 1 aliphatic heterocycles. The first-order valence-corrected chi connectivity index (χ1v) is 10.6. The zero-order valence-corrected chi connectivity index (χ0v) is 19.1. The van der Waals surface area contributed by atoms with E-state index < -0.39 is 35.0 Å². The van der Waals surface area contributed by atoms with Crippen molar-refractivity contribution in [2.45, 2.75) is 59.0 Å². The van der Waals surface area contributed by atoms with Crippen LogP contribution >= 0.6 is 0 Å². The molecule has 2 amide bonds. The molecule has 1 unspecified atom stereocenters. The quantitative estimate of drug-likeness (QED) is 0.258. The zero-order chi connectivity index (χ0) is 23.9. The van der Waals surface area contributed by atoms with Gasteiger partial charge in [-0.05, 0) is 58.6 Å². The molecule has 0 radical (unpaired) electrons. The number of esters is 2. The second-order valence-corrected chi connectivity index (χ2v) is 8.55. The predicted molar refractivity (Wildman–Crippen MR) is 118 cm³/mol. The molecule has 8 heteroatoms. The van der Waals surface area contributed by atoms with Crippen LogP contribution in [0.25, 0.3) is 0 Å². The molecule has 0 bridgehead atoms. The molecule has 2 rings (SSSR count). The Morgan fingerprint density at radius 2 is 1.88 bits per heavy atom. The average molecular weight is 446 g/mol. The summed E-state index contributed by atoms with van der Waals surface area (Å²) in [7, 11) is 0. The second-order valence-electron chi connectivity index (χ2n) is 8.55. The normalized spacial score (nSPS) is 17.9. The van der Waals surface area contributed by atoms with Crippen LogP contribution in [0, 0.1) is 5.41 Å². The fourth-order valence-electron chi connectivity index (χ4n) is 3.59. The first-order valence-electron chi connectivity index (χ1n) is 10.6. The van der Waals surface area contributed by atoms with Gasteiger partial charge in [-0.2, -0.15) is 0 Å². The fourth-order valence-corrected chi connectivity index (χ4v) is 3.59. The molecular formula is C24H31NO7. The van der Waals surface area contributed by atoms with E-state index in [4.69, 9.17) is 14.2 Å². The number of carbonyl (C=O) groups is 4. The van der Waals surface area contributed by atoms with Gasteiger partial charge in [-0.15, -0.1) is 0 Å². The van der Waals surface area contributed by atoms with E-state index in [-0.39, 0.29) is 38.9 Å². The molecule has 174 valence electrons.